The van der Waals surface area contributed by atoms with Crippen LogP contribution in [0, 0.1) is 6.92 Å². The minimum Gasteiger partial charge on any atom is -0.309 e. The van der Waals surface area contributed by atoms with Crippen molar-refractivity contribution >= 4 is 27.5 Å². The van der Waals surface area contributed by atoms with E-state index in [0.29, 0.717) is 12.1 Å². The Bertz CT molecular complexity index is 584. The lowest BCUT2D eigenvalue weighted by Gasteiger charge is -2.21. The first-order valence-electron chi connectivity index (χ1n) is 6.11. The summed E-state index contributed by atoms with van der Waals surface area (Å²) in [5.41, 5.74) is 2.65. The van der Waals surface area contributed by atoms with E-state index in [9.17, 15) is 4.79 Å². The first kappa shape index (κ1) is 13.7. The summed E-state index contributed by atoms with van der Waals surface area (Å²) in [7, 11) is 0. The van der Waals surface area contributed by atoms with Crippen LogP contribution in [0.4, 0.5) is 5.69 Å². The monoisotopic (exact) mass is 318 g/mol. The minimum atomic E-state index is -0.0134. The van der Waals surface area contributed by atoms with Crippen molar-refractivity contribution in [3.8, 4) is 0 Å². The summed E-state index contributed by atoms with van der Waals surface area (Å²) < 4.78 is 0.824. The summed E-state index contributed by atoms with van der Waals surface area (Å²) in [5.74, 6) is -0.0134. The molecule has 0 aliphatic heterocycles. The van der Waals surface area contributed by atoms with Gasteiger partial charge in [-0.25, -0.2) is 0 Å². The molecule has 1 heterocycles. The number of aryl methyl sites for hydroxylation is 1. The highest BCUT2D eigenvalue weighted by molar-refractivity contribution is 9.10. The van der Waals surface area contributed by atoms with Crippen molar-refractivity contribution in [2.45, 2.75) is 13.8 Å². The van der Waals surface area contributed by atoms with Gasteiger partial charge < -0.3 is 4.90 Å². The molecule has 0 N–H and O–H groups in total. The number of benzene rings is 1. The quantitative estimate of drug-likeness (QED) is 0.862. The molecule has 4 heteroatoms. The second-order valence-corrected chi connectivity index (χ2v) is 5.09. The number of halogens is 1. The molecule has 2 aromatic rings. The van der Waals surface area contributed by atoms with E-state index in [-0.39, 0.29) is 5.91 Å². The van der Waals surface area contributed by atoms with Gasteiger partial charge in [0, 0.05) is 29.1 Å². The molecule has 98 valence electrons. The fourth-order valence-electron chi connectivity index (χ4n) is 1.91. The van der Waals surface area contributed by atoms with E-state index in [2.05, 4.69) is 20.9 Å². The number of amides is 1. The third kappa shape index (κ3) is 3.01. The number of anilines is 1. The maximum atomic E-state index is 12.6. The normalized spacial score (nSPS) is 10.3. The lowest BCUT2D eigenvalue weighted by Crippen LogP contribution is -2.30. The van der Waals surface area contributed by atoms with Gasteiger partial charge in [-0.1, -0.05) is 6.07 Å². The average molecular weight is 319 g/mol. The Morgan fingerprint density at radius 3 is 2.53 bits per heavy atom. The van der Waals surface area contributed by atoms with Crippen molar-refractivity contribution in [2.24, 2.45) is 0 Å². The summed E-state index contributed by atoms with van der Waals surface area (Å²) >= 11 is 3.46. The summed E-state index contributed by atoms with van der Waals surface area (Å²) in [6.07, 6.45) is 3.38. The molecule has 0 radical (unpaired) electrons. The smallest absolute Gasteiger partial charge is 0.259 e. The van der Waals surface area contributed by atoms with Gasteiger partial charge in [-0.15, -0.1) is 0 Å². The van der Waals surface area contributed by atoms with Crippen molar-refractivity contribution in [3.63, 3.8) is 0 Å². The zero-order valence-corrected chi connectivity index (χ0v) is 12.5. The number of nitrogens with zero attached hydrogens (tertiary/aromatic N) is 2. The summed E-state index contributed by atoms with van der Waals surface area (Å²) in [6.45, 7) is 4.57. The summed E-state index contributed by atoms with van der Waals surface area (Å²) in [6, 6.07) is 9.42. The molecule has 1 aromatic heterocycles. The number of carbonyl (C=O) groups is 1. The van der Waals surface area contributed by atoms with Crippen molar-refractivity contribution in [3.05, 3.63) is 58.3 Å². The zero-order chi connectivity index (χ0) is 13.8. The number of carbonyl (C=O) groups excluding carboxylic acids is 1. The van der Waals surface area contributed by atoms with Gasteiger partial charge in [0.2, 0.25) is 0 Å². The molecular weight excluding hydrogens is 304 g/mol. The lowest BCUT2D eigenvalue weighted by atomic mass is 10.1. The average Bonchev–Trinajstić information content (AvgIpc) is 2.40. The van der Waals surface area contributed by atoms with E-state index < -0.39 is 0 Å². The maximum absolute atomic E-state index is 12.6. The Hall–Kier alpha value is -1.68. The van der Waals surface area contributed by atoms with Gasteiger partial charge in [0.1, 0.15) is 0 Å². The second kappa shape index (κ2) is 5.97. The molecule has 0 saturated carbocycles. The highest BCUT2D eigenvalue weighted by Gasteiger charge is 2.18. The molecule has 2 rings (SSSR count). The Balaban J connectivity index is 2.36. The first-order chi connectivity index (χ1) is 9.13. The summed E-state index contributed by atoms with van der Waals surface area (Å²) in [5, 5.41) is 0. The van der Waals surface area contributed by atoms with Crippen molar-refractivity contribution in [1.82, 2.24) is 4.98 Å². The van der Waals surface area contributed by atoms with Crippen LogP contribution in [0.15, 0.2) is 47.2 Å². The van der Waals surface area contributed by atoms with Gasteiger partial charge in [-0.05, 0) is 59.6 Å². The molecule has 0 fully saturated rings. The van der Waals surface area contributed by atoms with Crippen LogP contribution in [0.1, 0.15) is 22.8 Å². The topological polar surface area (TPSA) is 33.2 Å². The molecule has 1 amide bonds. The number of aromatic nitrogens is 1. The van der Waals surface area contributed by atoms with E-state index in [1.807, 2.05) is 44.2 Å². The molecule has 0 saturated heterocycles. The molecule has 3 nitrogen and oxygen atoms in total. The SMILES string of the molecule is CCN(C(=O)c1ccc(C)cc1Br)c1ccncc1. The van der Waals surface area contributed by atoms with Crippen molar-refractivity contribution in [1.29, 1.82) is 0 Å². The predicted octanol–water partition coefficient (Wildman–Crippen LogP) is 3.82. The Labute approximate surface area is 121 Å². The zero-order valence-electron chi connectivity index (χ0n) is 10.9. The van der Waals surface area contributed by atoms with E-state index in [0.717, 1.165) is 15.7 Å². The number of hydrogen-bond acceptors (Lipinski definition) is 2. The van der Waals surface area contributed by atoms with E-state index in [1.54, 1.807) is 17.3 Å². The first-order valence-corrected chi connectivity index (χ1v) is 6.91. The fraction of sp³-hybridized carbons (Fsp3) is 0.200. The maximum Gasteiger partial charge on any atom is 0.259 e. The summed E-state index contributed by atoms with van der Waals surface area (Å²) in [4.78, 5) is 18.3. The van der Waals surface area contributed by atoms with Gasteiger partial charge in [-0.2, -0.15) is 0 Å². The third-order valence-electron chi connectivity index (χ3n) is 2.89. The molecule has 0 spiro atoms. The molecule has 0 unspecified atom stereocenters. The van der Waals surface area contributed by atoms with Gasteiger partial charge >= 0.3 is 0 Å². The molecule has 19 heavy (non-hydrogen) atoms. The standard InChI is InChI=1S/C15H15BrN2O/c1-3-18(12-6-8-17-9-7-12)15(19)13-5-4-11(2)10-14(13)16/h4-10H,3H2,1-2H3. The van der Waals surface area contributed by atoms with Crippen LogP contribution in [0.25, 0.3) is 0 Å². The van der Waals surface area contributed by atoms with Crippen LogP contribution < -0.4 is 4.90 Å². The number of hydrogen-bond donors (Lipinski definition) is 0. The highest BCUT2D eigenvalue weighted by atomic mass is 79.9. The van der Waals surface area contributed by atoms with Gasteiger partial charge in [0.15, 0.2) is 0 Å². The molecule has 0 atom stereocenters. The number of pyridine rings is 1. The van der Waals surface area contributed by atoms with Crippen LogP contribution in [-0.2, 0) is 0 Å². The molecule has 0 aliphatic carbocycles. The van der Waals surface area contributed by atoms with E-state index in [1.165, 1.54) is 0 Å². The predicted molar refractivity (Wildman–Crippen MR) is 80.5 cm³/mol. The molecule has 0 bridgehead atoms. The minimum absolute atomic E-state index is 0.0134. The Morgan fingerprint density at radius 1 is 1.26 bits per heavy atom. The Morgan fingerprint density at radius 2 is 1.95 bits per heavy atom. The molecule has 1 aromatic carbocycles. The van der Waals surface area contributed by atoms with Gasteiger partial charge in [0.25, 0.3) is 5.91 Å². The van der Waals surface area contributed by atoms with Crippen LogP contribution in [0.5, 0.6) is 0 Å². The lowest BCUT2D eigenvalue weighted by molar-refractivity contribution is 0.0987. The highest BCUT2D eigenvalue weighted by Crippen LogP contribution is 2.22. The Kier molecular flexibility index (Phi) is 4.32. The molecule has 0 aliphatic rings. The number of rotatable bonds is 3. The molecular formula is C15H15BrN2O. The van der Waals surface area contributed by atoms with Crippen LogP contribution in [0.3, 0.4) is 0 Å². The van der Waals surface area contributed by atoms with Crippen LogP contribution >= 0.6 is 15.9 Å². The van der Waals surface area contributed by atoms with Crippen LogP contribution in [-0.4, -0.2) is 17.4 Å². The fourth-order valence-corrected chi connectivity index (χ4v) is 2.57. The second-order valence-electron chi connectivity index (χ2n) is 4.24. The third-order valence-corrected chi connectivity index (χ3v) is 3.55. The largest absolute Gasteiger partial charge is 0.309 e. The van der Waals surface area contributed by atoms with Gasteiger partial charge in [0.05, 0.1) is 5.56 Å². The van der Waals surface area contributed by atoms with E-state index >= 15 is 0 Å². The van der Waals surface area contributed by atoms with Crippen LogP contribution in [0.2, 0.25) is 0 Å². The van der Waals surface area contributed by atoms with Gasteiger partial charge in [-0.3, -0.25) is 9.78 Å². The van der Waals surface area contributed by atoms with E-state index in [4.69, 9.17) is 0 Å². The van der Waals surface area contributed by atoms with Crippen molar-refractivity contribution in [2.75, 3.05) is 11.4 Å². The van der Waals surface area contributed by atoms with Crippen molar-refractivity contribution < 1.29 is 4.79 Å².